The number of hydrogen-bond donors (Lipinski definition) is 1. The SMILES string of the molecule is COc1cccc(Cc2nc(-c3cnc(C4CC4)[nH]c3=O)n(CCN(C)C)n2)c1. The molecule has 0 aliphatic heterocycles. The number of hydrogen-bond acceptors (Lipinski definition) is 6. The summed E-state index contributed by atoms with van der Waals surface area (Å²) in [7, 11) is 5.66. The minimum atomic E-state index is -0.159. The largest absolute Gasteiger partial charge is 0.497 e. The number of rotatable bonds is 8. The van der Waals surface area contributed by atoms with E-state index in [1.165, 1.54) is 0 Å². The summed E-state index contributed by atoms with van der Waals surface area (Å²) in [6.45, 7) is 1.43. The number of methoxy groups -OCH3 is 1. The zero-order chi connectivity index (χ0) is 20.4. The minimum Gasteiger partial charge on any atom is -0.497 e. The van der Waals surface area contributed by atoms with Crippen LogP contribution in [0.5, 0.6) is 5.75 Å². The summed E-state index contributed by atoms with van der Waals surface area (Å²) in [4.78, 5) is 26.9. The summed E-state index contributed by atoms with van der Waals surface area (Å²) in [5, 5.41) is 4.68. The first-order valence-corrected chi connectivity index (χ1v) is 9.84. The van der Waals surface area contributed by atoms with Crippen LogP contribution in [0.15, 0.2) is 35.3 Å². The van der Waals surface area contributed by atoms with Crippen LogP contribution in [0.2, 0.25) is 0 Å². The number of likely N-dealkylation sites (N-methyl/N-ethyl adjacent to an activating group) is 1. The van der Waals surface area contributed by atoms with Gasteiger partial charge in [0.15, 0.2) is 11.6 Å². The van der Waals surface area contributed by atoms with Crippen molar-refractivity contribution in [3.05, 3.63) is 58.0 Å². The Balaban J connectivity index is 1.66. The van der Waals surface area contributed by atoms with E-state index in [-0.39, 0.29) is 5.56 Å². The smallest absolute Gasteiger partial charge is 0.261 e. The number of H-pyrrole nitrogens is 1. The molecule has 4 rings (SSSR count). The van der Waals surface area contributed by atoms with Gasteiger partial charge >= 0.3 is 0 Å². The number of nitrogens with zero attached hydrogens (tertiary/aromatic N) is 5. The Hall–Kier alpha value is -3.00. The molecule has 1 aliphatic carbocycles. The molecule has 2 heterocycles. The molecule has 8 heteroatoms. The molecular weight excluding hydrogens is 368 g/mol. The van der Waals surface area contributed by atoms with Crippen LogP contribution in [0.3, 0.4) is 0 Å². The minimum absolute atomic E-state index is 0.159. The topological polar surface area (TPSA) is 88.9 Å². The third kappa shape index (κ3) is 4.54. The van der Waals surface area contributed by atoms with Crippen molar-refractivity contribution in [3.8, 4) is 17.1 Å². The van der Waals surface area contributed by atoms with Gasteiger partial charge in [-0.15, -0.1) is 0 Å². The van der Waals surface area contributed by atoms with Crippen molar-refractivity contribution in [3.63, 3.8) is 0 Å². The average molecular weight is 394 g/mol. The number of benzene rings is 1. The first-order chi connectivity index (χ1) is 14.0. The highest BCUT2D eigenvalue weighted by Crippen LogP contribution is 2.37. The first kappa shape index (κ1) is 19.3. The van der Waals surface area contributed by atoms with E-state index in [1.54, 1.807) is 18.0 Å². The van der Waals surface area contributed by atoms with Gasteiger partial charge in [-0.05, 0) is 44.6 Å². The molecule has 3 aromatic rings. The van der Waals surface area contributed by atoms with Crippen LogP contribution in [0.25, 0.3) is 11.4 Å². The second-order valence-corrected chi connectivity index (χ2v) is 7.69. The molecule has 0 spiro atoms. The highest BCUT2D eigenvalue weighted by Gasteiger charge is 2.27. The molecule has 1 fully saturated rings. The van der Waals surface area contributed by atoms with Gasteiger partial charge in [0, 0.05) is 25.1 Å². The highest BCUT2D eigenvalue weighted by molar-refractivity contribution is 5.52. The lowest BCUT2D eigenvalue weighted by Crippen LogP contribution is -2.21. The van der Waals surface area contributed by atoms with Gasteiger partial charge in [-0.2, -0.15) is 5.10 Å². The molecule has 0 bridgehead atoms. The van der Waals surface area contributed by atoms with E-state index in [2.05, 4.69) is 20.0 Å². The molecule has 0 unspecified atom stereocenters. The van der Waals surface area contributed by atoms with E-state index in [9.17, 15) is 4.79 Å². The number of aromatic amines is 1. The molecule has 0 saturated heterocycles. The van der Waals surface area contributed by atoms with Gasteiger partial charge in [-0.1, -0.05) is 12.1 Å². The van der Waals surface area contributed by atoms with Crippen LogP contribution in [-0.4, -0.2) is 57.4 Å². The summed E-state index contributed by atoms with van der Waals surface area (Å²) in [5.41, 5.74) is 1.35. The lowest BCUT2D eigenvalue weighted by molar-refractivity contribution is 0.373. The van der Waals surface area contributed by atoms with Gasteiger partial charge < -0.3 is 14.6 Å². The fraction of sp³-hybridized carbons (Fsp3) is 0.429. The standard InChI is InChI=1S/C21H26N6O2/c1-26(2)9-10-27-20(17-13-22-19(15-7-8-15)24-21(17)28)23-18(25-27)12-14-5-4-6-16(11-14)29-3/h4-6,11,13,15H,7-10,12H2,1-3H3,(H,22,24,28). The third-order valence-electron chi connectivity index (χ3n) is 4.99. The molecule has 29 heavy (non-hydrogen) atoms. The van der Waals surface area contributed by atoms with Crippen molar-refractivity contribution < 1.29 is 4.74 Å². The Morgan fingerprint density at radius 1 is 1.31 bits per heavy atom. The van der Waals surface area contributed by atoms with Crippen LogP contribution in [-0.2, 0) is 13.0 Å². The molecule has 8 nitrogen and oxygen atoms in total. The van der Waals surface area contributed by atoms with Crippen molar-refractivity contribution in [2.45, 2.75) is 31.7 Å². The zero-order valence-electron chi connectivity index (χ0n) is 17.1. The number of nitrogens with one attached hydrogen (secondary N) is 1. The van der Waals surface area contributed by atoms with E-state index < -0.39 is 0 Å². The normalized spacial score (nSPS) is 13.8. The predicted octanol–water partition coefficient (Wildman–Crippen LogP) is 2.07. The van der Waals surface area contributed by atoms with E-state index in [4.69, 9.17) is 9.72 Å². The molecule has 1 N–H and O–H groups in total. The predicted molar refractivity (Wildman–Crippen MR) is 110 cm³/mol. The maximum absolute atomic E-state index is 12.7. The summed E-state index contributed by atoms with van der Waals surface area (Å²) in [6, 6.07) is 7.84. The molecule has 2 aromatic heterocycles. The zero-order valence-corrected chi connectivity index (χ0v) is 17.1. The monoisotopic (exact) mass is 394 g/mol. The number of ether oxygens (including phenoxy) is 1. The maximum Gasteiger partial charge on any atom is 0.261 e. The summed E-state index contributed by atoms with van der Waals surface area (Å²) >= 11 is 0. The van der Waals surface area contributed by atoms with Gasteiger partial charge in [0.2, 0.25) is 0 Å². The van der Waals surface area contributed by atoms with E-state index in [0.29, 0.717) is 36.1 Å². The second kappa shape index (κ2) is 8.16. The molecule has 0 radical (unpaired) electrons. The molecule has 152 valence electrons. The van der Waals surface area contributed by atoms with Gasteiger partial charge in [0.05, 0.1) is 13.7 Å². The van der Waals surface area contributed by atoms with Crippen molar-refractivity contribution in [2.75, 3.05) is 27.7 Å². The Kier molecular flexibility index (Phi) is 5.44. The van der Waals surface area contributed by atoms with E-state index in [0.717, 1.165) is 36.5 Å². The summed E-state index contributed by atoms with van der Waals surface area (Å²) in [6.07, 6.45) is 4.38. The van der Waals surface area contributed by atoms with Crippen LogP contribution in [0.1, 0.15) is 36.0 Å². The maximum atomic E-state index is 12.7. The quantitative estimate of drug-likeness (QED) is 0.629. The Bertz CT molecular complexity index is 1050. The summed E-state index contributed by atoms with van der Waals surface area (Å²) < 4.78 is 7.11. The van der Waals surface area contributed by atoms with Gasteiger partial charge in [0.1, 0.15) is 17.1 Å². The van der Waals surface area contributed by atoms with Gasteiger partial charge in [-0.3, -0.25) is 4.79 Å². The fourth-order valence-corrected chi connectivity index (χ4v) is 3.21. The molecule has 0 amide bonds. The van der Waals surface area contributed by atoms with Crippen molar-refractivity contribution in [1.29, 1.82) is 0 Å². The van der Waals surface area contributed by atoms with E-state index in [1.807, 2.05) is 38.4 Å². The van der Waals surface area contributed by atoms with Crippen molar-refractivity contribution in [1.82, 2.24) is 29.6 Å². The first-order valence-electron chi connectivity index (χ1n) is 9.84. The Labute approximate surface area is 169 Å². The molecule has 0 atom stereocenters. The van der Waals surface area contributed by atoms with Crippen molar-refractivity contribution in [2.24, 2.45) is 0 Å². The molecule has 1 aromatic carbocycles. The van der Waals surface area contributed by atoms with E-state index >= 15 is 0 Å². The lowest BCUT2D eigenvalue weighted by Gasteiger charge is -2.10. The van der Waals surface area contributed by atoms with Crippen LogP contribution in [0, 0.1) is 0 Å². The lowest BCUT2D eigenvalue weighted by atomic mass is 10.1. The highest BCUT2D eigenvalue weighted by atomic mass is 16.5. The molecular formula is C21H26N6O2. The second-order valence-electron chi connectivity index (χ2n) is 7.69. The molecule has 1 aliphatic rings. The van der Waals surface area contributed by atoms with Gasteiger partial charge in [0.25, 0.3) is 5.56 Å². The fourth-order valence-electron chi connectivity index (χ4n) is 3.21. The van der Waals surface area contributed by atoms with Crippen LogP contribution in [0.4, 0.5) is 0 Å². The van der Waals surface area contributed by atoms with Gasteiger partial charge in [-0.25, -0.2) is 14.6 Å². The Morgan fingerprint density at radius 3 is 2.83 bits per heavy atom. The van der Waals surface area contributed by atoms with Crippen molar-refractivity contribution >= 4 is 0 Å². The Morgan fingerprint density at radius 2 is 2.14 bits per heavy atom. The molecule has 1 saturated carbocycles. The average Bonchev–Trinajstić information content (AvgIpc) is 3.48. The number of aromatic nitrogens is 5. The third-order valence-corrected chi connectivity index (χ3v) is 4.99. The van der Waals surface area contributed by atoms with Crippen LogP contribution < -0.4 is 10.3 Å². The van der Waals surface area contributed by atoms with Crippen LogP contribution >= 0.6 is 0 Å². The summed E-state index contributed by atoms with van der Waals surface area (Å²) in [5.74, 6) is 3.19.